The summed E-state index contributed by atoms with van der Waals surface area (Å²) in [6.45, 7) is -3.22. The van der Waals surface area contributed by atoms with Crippen molar-refractivity contribution < 1.29 is 31.4 Å². The van der Waals surface area contributed by atoms with Gasteiger partial charge in [0.2, 0.25) is 0 Å². The third kappa shape index (κ3) is 4.29. The number of halogens is 5. The Labute approximate surface area is 97.7 Å². The Morgan fingerprint density at radius 2 is 1.88 bits per heavy atom. The molecule has 0 aliphatic carbocycles. The number of rotatable bonds is 4. The van der Waals surface area contributed by atoms with Crippen LogP contribution >= 0.6 is 11.8 Å². The van der Waals surface area contributed by atoms with Gasteiger partial charge in [-0.3, -0.25) is 0 Å². The zero-order valence-electron chi connectivity index (χ0n) is 8.42. The standard InChI is InChI=1S/C9H7F5O2S/c1-17-6-4-2-3-5(16-9(12,13)14)7(6)15-8(10)11/h2-4,8H,1H3. The van der Waals surface area contributed by atoms with Crippen molar-refractivity contribution in [3.63, 3.8) is 0 Å². The summed E-state index contributed by atoms with van der Waals surface area (Å²) in [6.07, 6.45) is -3.44. The second-order valence-electron chi connectivity index (χ2n) is 2.71. The lowest BCUT2D eigenvalue weighted by atomic mass is 10.3. The summed E-state index contributed by atoms with van der Waals surface area (Å²) < 4.78 is 67.9. The van der Waals surface area contributed by atoms with Crippen molar-refractivity contribution in [1.82, 2.24) is 0 Å². The highest BCUT2D eigenvalue weighted by molar-refractivity contribution is 7.98. The minimum absolute atomic E-state index is 0.132. The molecule has 8 heteroatoms. The van der Waals surface area contributed by atoms with Crippen molar-refractivity contribution in [1.29, 1.82) is 0 Å². The zero-order valence-corrected chi connectivity index (χ0v) is 9.24. The fraction of sp³-hybridized carbons (Fsp3) is 0.333. The van der Waals surface area contributed by atoms with E-state index in [1.807, 2.05) is 0 Å². The molecule has 0 amide bonds. The molecule has 0 aliphatic heterocycles. The van der Waals surface area contributed by atoms with Gasteiger partial charge in [-0.05, 0) is 18.4 Å². The topological polar surface area (TPSA) is 18.5 Å². The molecule has 0 radical (unpaired) electrons. The van der Waals surface area contributed by atoms with Crippen molar-refractivity contribution in [2.24, 2.45) is 0 Å². The molecule has 0 saturated heterocycles. The maximum atomic E-state index is 12.1. The van der Waals surface area contributed by atoms with Gasteiger partial charge in [-0.2, -0.15) is 8.78 Å². The largest absolute Gasteiger partial charge is 0.573 e. The van der Waals surface area contributed by atoms with Gasteiger partial charge in [-0.15, -0.1) is 24.9 Å². The van der Waals surface area contributed by atoms with E-state index in [2.05, 4.69) is 9.47 Å². The van der Waals surface area contributed by atoms with E-state index >= 15 is 0 Å². The third-order valence-corrected chi connectivity index (χ3v) is 2.36. The van der Waals surface area contributed by atoms with Crippen LogP contribution in [0.25, 0.3) is 0 Å². The van der Waals surface area contributed by atoms with Crippen LogP contribution in [-0.4, -0.2) is 19.2 Å². The van der Waals surface area contributed by atoms with Gasteiger partial charge in [0.1, 0.15) is 0 Å². The lowest BCUT2D eigenvalue weighted by Crippen LogP contribution is -2.18. The quantitative estimate of drug-likeness (QED) is 0.612. The normalized spacial score (nSPS) is 11.7. The molecule has 0 spiro atoms. The van der Waals surface area contributed by atoms with Crippen LogP contribution in [0.2, 0.25) is 0 Å². The van der Waals surface area contributed by atoms with Crippen LogP contribution in [-0.2, 0) is 0 Å². The average molecular weight is 274 g/mol. The van der Waals surface area contributed by atoms with Crippen molar-refractivity contribution >= 4 is 11.8 Å². The smallest absolute Gasteiger partial charge is 0.430 e. The van der Waals surface area contributed by atoms with Crippen LogP contribution in [0.15, 0.2) is 23.1 Å². The monoisotopic (exact) mass is 274 g/mol. The molecular weight excluding hydrogens is 267 g/mol. The van der Waals surface area contributed by atoms with Crippen LogP contribution in [0.4, 0.5) is 22.0 Å². The molecule has 1 aromatic carbocycles. The highest BCUT2D eigenvalue weighted by Crippen LogP contribution is 2.39. The lowest BCUT2D eigenvalue weighted by molar-refractivity contribution is -0.275. The first-order valence-corrected chi connectivity index (χ1v) is 5.43. The van der Waals surface area contributed by atoms with Gasteiger partial charge in [0.25, 0.3) is 0 Å². The number of ether oxygens (including phenoxy) is 2. The first-order chi connectivity index (χ1) is 7.83. The Morgan fingerprint density at radius 1 is 1.24 bits per heavy atom. The molecular formula is C9H7F5O2S. The van der Waals surface area contributed by atoms with Gasteiger partial charge in [-0.1, -0.05) is 6.07 Å². The first-order valence-electron chi connectivity index (χ1n) is 4.21. The summed E-state index contributed by atoms with van der Waals surface area (Å²) in [6, 6.07) is 3.52. The predicted molar refractivity (Wildman–Crippen MR) is 51.5 cm³/mol. The number of benzene rings is 1. The summed E-state index contributed by atoms with van der Waals surface area (Å²) in [5.74, 6) is -1.41. The number of alkyl halides is 5. The van der Waals surface area contributed by atoms with Crippen LogP contribution in [0.1, 0.15) is 0 Å². The molecule has 0 unspecified atom stereocenters. The van der Waals surface area contributed by atoms with Crippen LogP contribution in [0.5, 0.6) is 11.5 Å². The lowest BCUT2D eigenvalue weighted by Gasteiger charge is -2.15. The van der Waals surface area contributed by atoms with Gasteiger partial charge in [0.15, 0.2) is 11.5 Å². The minimum atomic E-state index is -4.96. The van der Waals surface area contributed by atoms with E-state index in [-0.39, 0.29) is 4.90 Å². The summed E-state index contributed by atoms with van der Waals surface area (Å²) in [5.41, 5.74) is 0. The number of thioether (sulfide) groups is 1. The second-order valence-corrected chi connectivity index (χ2v) is 3.56. The fourth-order valence-corrected chi connectivity index (χ4v) is 1.62. The molecule has 0 atom stereocenters. The minimum Gasteiger partial charge on any atom is -0.430 e. The molecule has 0 saturated carbocycles. The number of hydrogen-bond donors (Lipinski definition) is 0. The van der Waals surface area contributed by atoms with Gasteiger partial charge in [0.05, 0.1) is 4.90 Å². The molecule has 0 N–H and O–H groups in total. The highest BCUT2D eigenvalue weighted by Gasteiger charge is 2.33. The molecule has 0 aromatic heterocycles. The number of para-hydroxylation sites is 1. The van der Waals surface area contributed by atoms with Gasteiger partial charge < -0.3 is 9.47 Å². The van der Waals surface area contributed by atoms with Crippen LogP contribution in [0, 0.1) is 0 Å². The molecule has 96 valence electrons. The molecule has 1 rings (SSSR count). The summed E-state index contributed by atoms with van der Waals surface area (Å²) in [5, 5.41) is 0. The van der Waals surface area contributed by atoms with Crippen LogP contribution in [0.3, 0.4) is 0 Å². The fourth-order valence-electron chi connectivity index (χ4n) is 1.07. The van der Waals surface area contributed by atoms with Gasteiger partial charge >= 0.3 is 13.0 Å². The SMILES string of the molecule is CSc1cccc(OC(F)(F)F)c1OC(F)F. The second kappa shape index (κ2) is 5.44. The Bertz CT molecular complexity index is 380. The van der Waals surface area contributed by atoms with Crippen molar-refractivity contribution in [2.75, 3.05) is 6.26 Å². The molecule has 0 bridgehead atoms. The van der Waals surface area contributed by atoms with E-state index in [0.717, 1.165) is 17.8 Å². The molecule has 0 fully saturated rings. The summed E-state index contributed by atoms with van der Waals surface area (Å²) >= 11 is 0.972. The van der Waals surface area contributed by atoms with Crippen molar-refractivity contribution in [3.05, 3.63) is 18.2 Å². The van der Waals surface area contributed by atoms with E-state index < -0.39 is 24.5 Å². The Morgan fingerprint density at radius 3 is 2.35 bits per heavy atom. The Kier molecular flexibility index (Phi) is 4.44. The molecule has 0 aliphatic rings. The van der Waals surface area contributed by atoms with Crippen LogP contribution < -0.4 is 9.47 Å². The Hall–Kier alpha value is -1.18. The highest BCUT2D eigenvalue weighted by atomic mass is 32.2. The molecule has 0 heterocycles. The maximum absolute atomic E-state index is 12.1. The molecule has 2 nitrogen and oxygen atoms in total. The van der Waals surface area contributed by atoms with E-state index in [0.29, 0.717) is 0 Å². The first kappa shape index (κ1) is 13.9. The molecule has 17 heavy (non-hydrogen) atoms. The third-order valence-electron chi connectivity index (χ3n) is 1.60. The Balaban J connectivity index is 3.10. The number of hydrogen-bond acceptors (Lipinski definition) is 3. The van der Waals surface area contributed by atoms with E-state index in [1.165, 1.54) is 18.4 Å². The predicted octanol–water partition coefficient (Wildman–Crippen LogP) is 3.91. The average Bonchev–Trinajstić information content (AvgIpc) is 2.17. The summed E-state index contributed by atoms with van der Waals surface area (Å²) in [7, 11) is 0. The van der Waals surface area contributed by atoms with Gasteiger partial charge in [0, 0.05) is 0 Å². The van der Waals surface area contributed by atoms with Crippen molar-refractivity contribution in [3.8, 4) is 11.5 Å². The maximum Gasteiger partial charge on any atom is 0.573 e. The van der Waals surface area contributed by atoms with E-state index in [1.54, 1.807) is 0 Å². The van der Waals surface area contributed by atoms with Crippen molar-refractivity contribution in [2.45, 2.75) is 17.9 Å². The van der Waals surface area contributed by atoms with E-state index in [9.17, 15) is 22.0 Å². The zero-order chi connectivity index (χ0) is 13.1. The summed E-state index contributed by atoms with van der Waals surface area (Å²) in [4.78, 5) is 0.132. The van der Waals surface area contributed by atoms with Gasteiger partial charge in [-0.25, -0.2) is 0 Å². The molecule has 1 aromatic rings. The van der Waals surface area contributed by atoms with E-state index in [4.69, 9.17) is 0 Å².